The van der Waals surface area contributed by atoms with E-state index >= 15 is 0 Å². The number of likely N-dealkylation sites (N-methyl/N-ethyl adjacent to an activating group) is 1. The van der Waals surface area contributed by atoms with E-state index in [4.69, 9.17) is 10.5 Å². The number of nitrogen functional groups attached to an aromatic ring is 1. The molecule has 2 heterocycles. The summed E-state index contributed by atoms with van der Waals surface area (Å²) < 4.78 is 7.25. The Morgan fingerprint density at radius 1 is 1.56 bits per heavy atom. The summed E-state index contributed by atoms with van der Waals surface area (Å²) in [5.74, 6) is 0.591. The summed E-state index contributed by atoms with van der Waals surface area (Å²) in [7, 11) is 2.17. The lowest BCUT2D eigenvalue weighted by Crippen LogP contribution is -2.38. The minimum Gasteiger partial charge on any atom is -0.382 e. The molecule has 0 amide bonds. The molecule has 0 aliphatic carbocycles. The number of ether oxygens (including phenoxy) is 1. The second kappa shape index (κ2) is 5.32. The van der Waals surface area contributed by atoms with Crippen LogP contribution in [0.25, 0.3) is 0 Å². The van der Waals surface area contributed by atoms with E-state index in [1.165, 1.54) is 0 Å². The summed E-state index contributed by atoms with van der Waals surface area (Å²) in [6.45, 7) is 3.68. The van der Waals surface area contributed by atoms with Gasteiger partial charge in [0.25, 0.3) is 0 Å². The summed E-state index contributed by atoms with van der Waals surface area (Å²) >= 11 is 0. The van der Waals surface area contributed by atoms with Gasteiger partial charge in [0.05, 0.1) is 6.54 Å². The fraction of sp³-hybridized carbons (Fsp3) is 0.727. The van der Waals surface area contributed by atoms with Crippen LogP contribution in [0.2, 0.25) is 0 Å². The number of nitrogens with two attached hydrogens (primary N) is 1. The van der Waals surface area contributed by atoms with Gasteiger partial charge >= 0.3 is 0 Å². The van der Waals surface area contributed by atoms with Crippen LogP contribution in [0.1, 0.15) is 12.8 Å². The molecule has 0 radical (unpaired) electrons. The molecular weight excluding hydrogens is 204 g/mol. The van der Waals surface area contributed by atoms with E-state index in [0.29, 0.717) is 11.9 Å². The maximum atomic E-state index is 5.57. The number of hydrogen-bond acceptors (Lipinski definition) is 4. The molecule has 1 saturated heterocycles. The molecule has 2 rings (SSSR count). The average Bonchev–Trinajstić information content (AvgIpc) is 2.73. The molecule has 1 aromatic heterocycles. The van der Waals surface area contributed by atoms with E-state index in [0.717, 1.165) is 39.1 Å². The number of aromatic nitrogens is 2. The van der Waals surface area contributed by atoms with E-state index < -0.39 is 0 Å². The van der Waals surface area contributed by atoms with Crippen molar-refractivity contribution in [2.24, 2.45) is 0 Å². The van der Waals surface area contributed by atoms with E-state index in [2.05, 4.69) is 17.0 Å². The zero-order valence-corrected chi connectivity index (χ0v) is 9.80. The first-order chi connectivity index (χ1) is 7.75. The SMILES string of the molecule is CN(CCn1ccc(N)n1)C1CCOCC1. The lowest BCUT2D eigenvalue weighted by atomic mass is 10.1. The van der Waals surface area contributed by atoms with Crippen molar-refractivity contribution in [3.05, 3.63) is 12.3 Å². The molecule has 1 aliphatic rings. The van der Waals surface area contributed by atoms with Crippen LogP contribution in [0, 0.1) is 0 Å². The molecule has 0 unspecified atom stereocenters. The van der Waals surface area contributed by atoms with Crippen molar-refractivity contribution in [1.82, 2.24) is 14.7 Å². The number of anilines is 1. The Morgan fingerprint density at radius 3 is 2.94 bits per heavy atom. The molecule has 1 aliphatic heterocycles. The first-order valence-corrected chi connectivity index (χ1v) is 5.82. The van der Waals surface area contributed by atoms with Gasteiger partial charge in [-0.15, -0.1) is 0 Å². The van der Waals surface area contributed by atoms with E-state index in [9.17, 15) is 0 Å². The maximum Gasteiger partial charge on any atom is 0.145 e. The van der Waals surface area contributed by atoms with Crippen molar-refractivity contribution < 1.29 is 4.74 Å². The van der Waals surface area contributed by atoms with Gasteiger partial charge in [-0.2, -0.15) is 5.10 Å². The quantitative estimate of drug-likeness (QED) is 0.812. The Labute approximate surface area is 96.2 Å². The summed E-state index contributed by atoms with van der Waals surface area (Å²) in [5.41, 5.74) is 5.57. The second-order valence-electron chi connectivity index (χ2n) is 4.33. The normalized spacial score (nSPS) is 18.1. The molecule has 0 spiro atoms. The highest BCUT2D eigenvalue weighted by molar-refractivity contribution is 5.23. The van der Waals surface area contributed by atoms with Gasteiger partial charge in [-0.05, 0) is 26.0 Å². The molecular formula is C11H20N4O. The highest BCUT2D eigenvalue weighted by Crippen LogP contribution is 2.12. The molecule has 5 nitrogen and oxygen atoms in total. The first kappa shape index (κ1) is 11.4. The molecule has 1 fully saturated rings. The monoisotopic (exact) mass is 224 g/mol. The van der Waals surface area contributed by atoms with Gasteiger partial charge < -0.3 is 15.4 Å². The Kier molecular flexibility index (Phi) is 3.79. The van der Waals surface area contributed by atoms with Gasteiger partial charge in [-0.1, -0.05) is 0 Å². The zero-order valence-electron chi connectivity index (χ0n) is 9.80. The zero-order chi connectivity index (χ0) is 11.4. The van der Waals surface area contributed by atoms with Crippen LogP contribution in [0.15, 0.2) is 12.3 Å². The van der Waals surface area contributed by atoms with Crippen molar-refractivity contribution >= 4 is 5.82 Å². The van der Waals surface area contributed by atoms with E-state index in [1.807, 2.05) is 16.9 Å². The molecule has 16 heavy (non-hydrogen) atoms. The van der Waals surface area contributed by atoms with Gasteiger partial charge in [-0.25, -0.2) is 0 Å². The molecule has 5 heteroatoms. The maximum absolute atomic E-state index is 5.57. The van der Waals surface area contributed by atoms with Crippen molar-refractivity contribution in [1.29, 1.82) is 0 Å². The van der Waals surface area contributed by atoms with Crippen molar-refractivity contribution in [3.8, 4) is 0 Å². The minimum atomic E-state index is 0.591. The predicted octanol–water partition coefficient (Wildman–Crippen LogP) is 0.576. The predicted molar refractivity (Wildman–Crippen MR) is 63.1 cm³/mol. The van der Waals surface area contributed by atoms with Gasteiger partial charge in [0.2, 0.25) is 0 Å². The number of rotatable bonds is 4. The second-order valence-corrected chi connectivity index (χ2v) is 4.33. The molecule has 0 saturated carbocycles. The Balaban J connectivity index is 1.76. The van der Waals surface area contributed by atoms with Crippen LogP contribution in [-0.4, -0.2) is 47.5 Å². The van der Waals surface area contributed by atoms with Crippen molar-refractivity contribution in [3.63, 3.8) is 0 Å². The molecule has 0 aromatic carbocycles. The summed E-state index contributed by atoms with van der Waals surface area (Å²) in [4.78, 5) is 2.39. The van der Waals surface area contributed by atoms with Crippen LogP contribution >= 0.6 is 0 Å². The fourth-order valence-corrected chi connectivity index (χ4v) is 2.07. The van der Waals surface area contributed by atoms with E-state index in [1.54, 1.807) is 0 Å². The number of hydrogen-bond donors (Lipinski definition) is 1. The third-order valence-electron chi connectivity index (χ3n) is 3.16. The largest absolute Gasteiger partial charge is 0.382 e. The highest BCUT2D eigenvalue weighted by atomic mass is 16.5. The van der Waals surface area contributed by atoms with Gasteiger partial charge in [0.1, 0.15) is 5.82 Å². The first-order valence-electron chi connectivity index (χ1n) is 5.82. The van der Waals surface area contributed by atoms with Crippen LogP contribution in [0.5, 0.6) is 0 Å². The molecule has 90 valence electrons. The third-order valence-corrected chi connectivity index (χ3v) is 3.16. The van der Waals surface area contributed by atoms with Crippen molar-refractivity contribution in [2.75, 3.05) is 32.5 Å². The van der Waals surface area contributed by atoms with Crippen molar-refractivity contribution in [2.45, 2.75) is 25.4 Å². The van der Waals surface area contributed by atoms with Gasteiger partial charge in [0, 0.05) is 32.0 Å². The highest BCUT2D eigenvalue weighted by Gasteiger charge is 2.17. The minimum absolute atomic E-state index is 0.591. The average molecular weight is 224 g/mol. The fourth-order valence-electron chi connectivity index (χ4n) is 2.07. The molecule has 0 bridgehead atoms. The Hall–Kier alpha value is -1.07. The summed E-state index contributed by atoms with van der Waals surface area (Å²) in [6.07, 6.45) is 4.20. The van der Waals surface area contributed by atoms with Crippen LogP contribution in [0.4, 0.5) is 5.82 Å². The lowest BCUT2D eigenvalue weighted by molar-refractivity contribution is 0.0418. The topological polar surface area (TPSA) is 56.3 Å². The summed E-state index contributed by atoms with van der Waals surface area (Å²) in [5, 5.41) is 4.17. The lowest BCUT2D eigenvalue weighted by Gasteiger charge is -2.31. The number of nitrogens with zero attached hydrogens (tertiary/aromatic N) is 3. The third kappa shape index (κ3) is 2.96. The molecule has 2 N–H and O–H groups in total. The van der Waals surface area contributed by atoms with Crippen LogP contribution in [0.3, 0.4) is 0 Å². The van der Waals surface area contributed by atoms with Crippen LogP contribution < -0.4 is 5.73 Å². The van der Waals surface area contributed by atoms with Crippen LogP contribution in [-0.2, 0) is 11.3 Å². The standard InChI is InChI=1S/C11H20N4O/c1-14(10-3-8-16-9-4-10)6-7-15-5-2-11(12)13-15/h2,5,10H,3-4,6-9H2,1H3,(H2,12,13). The van der Waals surface area contributed by atoms with E-state index in [-0.39, 0.29) is 0 Å². The van der Waals surface area contributed by atoms with Gasteiger partial charge in [0.15, 0.2) is 0 Å². The summed E-state index contributed by atoms with van der Waals surface area (Å²) in [6, 6.07) is 2.48. The molecule has 0 atom stereocenters. The smallest absolute Gasteiger partial charge is 0.145 e. The Bertz CT molecular complexity index is 320. The molecule has 1 aromatic rings. The van der Waals surface area contributed by atoms with Gasteiger partial charge in [-0.3, -0.25) is 4.68 Å². The Morgan fingerprint density at radius 2 is 2.31 bits per heavy atom.